The number of aromatic hydroxyl groups is 1. The zero-order valence-corrected chi connectivity index (χ0v) is 10.8. The highest BCUT2D eigenvalue weighted by atomic mass is 35.5. The summed E-state index contributed by atoms with van der Waals surface area (Å²) < 4.78 is 39.9. The van der Waals surface area contributed by atoms with Crippen molar-refractivity contribution in [2.24, 2.45) is 5.73 Å². The quantitative estimate of drug-likeness (QED) is 0.815. The van der Waals surface area contributed by atoms with Crippen molar-refractivity contribution in [1.82, 2.24) is 0 Å². The summed E-state index contributed by atoms with van der Waals surface area (Å²) in [6, 6.07) is 2.69. The lowest BCUT2D eigenvalue weighted by atomic mass is 10.0. The Bertz CT molecular complexity index is 424. The fourth-order valence-corrected chi connectivity index (χ4v) is 1.48. The van der Waals surface area contributed by atoms with Crippen LogP contribution in [-0.2, 0) is 0 Å². The summed E-state index contributed by atoms with van der Waals surface area (Å²) in [5.74, 6) is -0.551. The van der Waals surface area contributed by atoms with Gasteiger partial charge in [-0.05, 0) is 31.0 Å². The summed E-state index contributed by atoms with van der Waals surface area (Å²) in [5, 5.41) is 9.56. The highest BCUT2D eigenvalue weighted by molar-refractivity contribution is 5.85. The van der Waals surface area contributed by atoms with Gasteiger partial charge in [-0.25, -0.2) is 0 Å². The standard InChI is InChI=1S/C12H14F3NO2.ClH/c1-2-3-4-10(16)9-7-8(5-6-11(9)17)18-12(13,14)15;/h2,5-7,10,17H,1,3-4,16H2;1H/t10-;/m0./s1. The van der Waals surface area contributed by atoms with Gasteiger partial charge in [0.15, 0.2) is 0 Å². The number of benzene rings is 1. The van der Waals surface area contributed by atoms with Crippen molar-refractivity contribution in [3.05, 3.63) is 36.4 Å². The number of phenolic OH excluding ortho intramolecular Hbond substituents is 1. The zero-order valence-electron chi connectivity index (χ0n) is 9.98. The maximum absolute atomic E-state index is 12.0. The van der Waals surface area contributed by atoms with E-state index in [0.29, 0.717) is 12.8 Å². The van der Waals surface area contributed by atoms with Crippen LogP contribution in [0.3, 0.4) is 0 Å². The first-order chi connectivity index (χ1) is 8.33. The predicted octanol–water partition coefficient (Wildman–Crippen LogP) is 3.68. The topological polar surface area (TPSA) is 55.5 Å². The molecule has 0 fully saturated rings. The number of allylic oxidation sites excluding steroid dienone is 1. The molecule has 3 N–H and O–H groups in total. The van der Waals surface area contributed by atoms with Gasteiger partial charge in [0.25, 0.3) is 0 Å². The van der Waals surface area contributed by atoms with Crippen LogP contribution in [0.25, 0.3) is 0 Å². The van der Waals surface area contributed by atoms with Crippen LogP contribution in [0.1, 0.15) is 24.4 Å². The van der Waals surface area contributed by atoms with E-state index in [-0.39, 0.29) is 23.7 Å². The molecule has 7 heteroatoms. The summed E-state index contributed by atoms with van der Waals surface area (Å²) in [6.07, 6.45) is -2.04. The number of halogens is 4. The molecule has 0 aliphatic rings. The molecule has 0 saturated heterocycles. The first-order valence-corrected chi connectivity index (χ1v) is 5.28. The smallest absolute Gasteiger partial charge is 0.508 e. The average Bonchev–Trinajstić information content (AvgIpc) is 2.26. The molecule has 1 aromatic rings. The molecule has 108 valence electrons. The third-order valence-electron chi connectivity index (χ3n) is 2.31. The van der Waals surface area contributed by atoms with Crippen molar-refractivity contribution in [3.8, 4) is 11.5 Å². The lowest BCUT2D eigenvalue weighted by Gasteiger charge is -2.15. The molecular formula is C12H15ClF3NO2. The molecular weight excluding hydrogens is 283 g/mol. The number of alkyl halides is 3. The molecule has 1 atom stereocenters. The van der Waals surface area contributed by atoms with Crippen molar-refractivity contribution < 1.29 is 23.0 Å². The van der Waals surface area contributed by atoms with E-state index in [1.54, 1.807) is 6.08 Å². The monoisotopic (exact) mass is 297 g/mol. The van der Waals surface area contributed by atoms with Gasteiger partial charge in [-0.2, -0.15) is 0 Å². The van der Waals surface area contributed by atoms with Crippen LogP contribution >= 0.6 is 12.4 Å². The van der Waals surface area contributed by atoms with Crippen LogP contribution in [-0.4, -0.2) is 11.5 Å². The molecule has 1 rings (SSSR count). The molecule has 1 aromatic carbocycles. The molecule has 0 unspecified atom stereocenters. The van der Waals surface area contributed by atoms with Crippen LogP contribution in [0, 0.1) is 0 Å². The Morgan fingerprint density at radius 2 is 2.05 bits per heavy atom. The number of hydrogen-bond donors (Lipinski definition) is 2. The van der Waals surface area contributed by atoms with E-state index in [2.05, 4.69) is 11.3 Å². The van der Waals surface area contributed by atoms with E-state index in [4.69, 9.17) is 5.73 Å². The summed E-state index contributed by atoms with van der Waals surface area (Å²) in [7, 11) is 0. The van der Waals surface area contributed by atoms with E-state index >= 15 is 0 Å². The van der Waals surface area contributed by atoms with Crippen molar-refractivity contribution in [1.29, 1.82) is 0 Å². The van der Waals surface area contributed by atoms with Crippen molar-refractivity contribution in [3.63, 3.8) is 0 Å². The Kier molecular flexibility index (Phi) is 6.72. The normalized spacial score (nSPS) is 12.4. The van der Waals surface area contributed by atoms with Gasteiger partial charge >= 0.3 is 6.36 Å². The summed E-state index contributed by atoms with van der Waals surface area (Å²) >= 11 is 0. The molecule has 19 heavy (non-hydrogen) atoms. The Morgan fingerprint density at radius 1 is 1.42 bits per heavy atom. The van der Waals surface area contributed by atoms with Gasteiger partial charge in [-0.3, -0.25) is 0 Å². The second kappa shape index (κ2) is 7.25. The second-order valence-corrected chi connectivity index (χ2v) is 3.74. The van der Waals surface area contributed by atoms with E-state index in [1.165, 1.54) is 0 Å². The highest BCUT2D eigenvalue weighted by Crippen LogP contribution is 2.32. The number of nitrogens with two attached hydrogens (primary N) is 1. The van der Waals surface area contributed by atoms with Crippen LogP contribution < -0.4 is 10.5 Å². The van der Waals surface area contributed by atoms with Gasteiger partial charge in [0.2, 0.25) is 0 Å². The minimum Gasteiger partial charge on any atom is -0.508 e. The van der Waals surface area contributed by atoms with Gasteiger partial charge in [0, 0.05) is 11.6 Å². The van der Waals surface area contributed by atoms with Crippen LogP contribution in [0.15, 0.2) is 30.9 Å². The number of rotatable bonds is 5. The largest absolute Gasteiger partial charge is 0.573 e. The number of hydrogen-bond acceptors (Lipinski definition) is 3. The maximum atomic E-state index is 12.0. The molecule has 0 aromatic heterocycles. The molecule has 3 nitrogen and oxygen atoms in total. The predicted molar refractivity (Wildman–Crippen MR) is 68.4 cm³/mol. The SMILES string of the molecule is C=CCC[C@H](N)c1cc(OC(F)(F)F)ccc1O.Cl. The summed E-state index contributed by atoms with van der Waals surface area (Å²) in [4.78, 5) is 0. The average molecular weight is 298 g/mol. The summed E-state index contributed by atoms with van der Waals surface area (Å²) in [6.45, 7) is 3.52. The van der Waals surface area contributed by atoms with Crippen molar-refractivity contribution in [2.45, 2.75) is 25.2 Å². The molecule has 0 bridgehead atoms. The third-order valence-corrected chi connectivity index (χ3v) is 2.31. The maximum Gasteiger partial charge on any atom is 0.573 e. The van der Waals surface area contributed by atoms with E-state index in [0.717, 1.165) is 18.2 Å². The summed E-state index contributed by atoms with van der Waals surface area (Å²) in [5.41, 5.74) is 5.99. The minimum absolute atomic E-state index is 0. The van der Waals surface area contributed by atoms with Gasteiger partial charge in [-0.15, -0.1) is 32.2 Å². The first kappa shape index (κ1) is 17.6. The minimum atomic E-state index is -4.76. The Hall–Kier alpha value is -1.40. The number of ether oxygens (including phenoxy) is 1. The Morgan fingerprint density at radius 3 is 2.58 bits per heavy atom. The molecule has 0 saturated carbocycles. The van der Waals surface area contributed by atoms with Crippen molar-refractivity contribution >= 4 is 12.4 Å². The molecule has 0 heterocycles. The number of phenols is 1. The Balaban J connectivity index is 0.00000324. The molecule has 0 aliphatic heterocycles. The fraction of sp³-hybridized carbons (Fsp3) is 0.333. The lowest BCUT2D eigenvalue weighted by Crippen LogP contribution is -2.17. The molecule has 0 aliphatic carbocycles. The first-order valence-electron chi connectivity index (χ1n) is 5.28. The highest BCUT2D eigenvalue weighted by Gasteiger charge is 2.31. The van der Waals surface area contributed by atoms with Crippen LogP contribution in [0.4, 0.5) is 13.2 Å². The van der Waals surface area contributed by atoms with E-state index in [9.17, 15) is 18.3 Å². The van der Waals surface area contributed by atoms with Crippen LogP contribution in [0.2, 0.25) is 0 Å². The molecule has 0 spiro atoms. The zero-order chi connectivity index (χ0) is 13.8. The van der Waals surface area contributed by atoms with Gasteiger partial charge < -0.3 is 15.6 Å². The van der Waals surface area contributed by atoms with Gasteiger partial charge in [0.05, 0.1) is 0 Å². The van der Waals surface area contributed by atoms with Crippen LogP contribution in [0.5, 0.6) is 11.5 Å². The lowest BCUT2D eigenvalue weighted by molar-refractivity contribution is -0.274. The van der Waals surface area contributed by atoms with E-state index < -0.39 is 18.2 Å². The molecule has 0 radical (unpaired) electrons. The fourth-order valence-electron chi connectivity index (χ4n) is 1.48. The Labute approximate surface area is 115 Å². The van der Waals surface area contributed by atoms with Gasteiger partial charge in [0.1, 0.15) is 11.5 Å². The van der Waals surface area contributed by atoms with Gasteiger partial charge in [-0.1, -0.05) is 6.08 Å². The van der Waals surface area contributed by atoms with Crippen molar-refractivity contribution in [2.75, 3.05) is 0 Å². The second-order valence-electron chi connectivity index (χ2n) is 3.74. The van der Waals surface area contributed by atoms with E-state index in [1.807, 2.05) is 0 Å². The molecule has 0 amide bonds. The third kappa shape index (κ3) is 5.85.